The average molecular weight is 332 g/mol. The minimum Gasteiger partial charge on any atom is -0.376 e. The van der Waals surface area contributed by atoms with Crippen molar-refractivity contribution in [3.05, 3.63) is 33.8 Å². The first kappa shape index (κ1) is 15.4. The lowest BCUT2D eigenvalue weighted by molar-refractivity contribution is -0.131. The van der Waals surface area contributed by atoms with Crippen molar-refractivity contribution < 1.29 is 4.79 Å². The molecule has 2 rings (SSSR count). The summed E-state index contributed by atoms with van der Waals surface area (Å²) in [5, 5.41) is 1.52. The molecule has 0 atom stereocenters. The number of benzene rings is 1. The lowest BCUT2D eigenvalue weighted by Crippen LogP contribution is -2.52. The Morgan fingerprint density at radius 3 is 2.40 bits per heavy atom. The minimum atomic E-state index is 0.0387. The quantitative estimate of drug-likeness (QED) is 0.841. The molecule has 0 radical (unpaired) electrons. The number of rotatable bonds is 2. The molecule has 20 heavy (non-hydrogen) atoms. The van der Waals surface area contributed by atoms with Crippen molar-refractivity contribution in [3.63, 3.8) is 0 Å². The predicted octanol–water partition coefficient (Wildman–Crippen LogP) is 1.92. The molecule has 1 aliphatic heterocycles. The third-order valence-corrected chi connectivity index (χ3v) is 4.16. The zero-order chi connectivity index (χ0) is 14.7. The number of piperazine rings is 1. The summed E-state index contributed by atoms with van der Waals surface area (Å²) in [4.78, 5) is 15.9. The van der Waals surface area contributed by atoms with Gasteiger partial charge in [0.1, 0.15) is 0 Å². The summed E-state index contributed by atoms with van der Waals surface area (Å²) >= 11 is 16.9. The highest BCUT2D eigenvalue weighted by atomic mass is 35.5. The van der Waals surface area contributed by atoms with Crippen molar-refractivity contribution in [1.29, 1.82) is 0 Å². The lowest BCUT2D eigenvalue weighted by Gasteiger charge is -2.35. The number of amides is 1. The second-order valence-corrected chi connectivity index (χ2v) is 5.88. The van der Waals surface area contributed by atoms with E-state index in [1.54, 1.807) is 23.1 Å². The number of hydrogen-bond acceptors (Lipinski definition) is 2. The van der Waals surface area contributed by atoms with Gasteiger partial charge >= 0.3 is 0 Å². The molecular formula is C13H15Cl2N3OS. The van der Waals surface area contributed by atoms with Crippen molar-refractivity contribution in [2.45, 2.75) is 6.42 Å². The van der Waals surface area contributed by atoms with Crippen LogP contribution < -0.4 is 5.73 Å². The van der Waals surface area contributed by atoms with Crippen LogP contribution in [-0.4, -0.2) is 47.0 Å². The van der Waals surface area contributed by atoms with Gasteiger partial charge in [-0.2, -0.15) is 0 Å². The molecule has 1 aromatic rings. The van der Waals surface area contributed by atoms with Crippen LogP contribution in [0, 0.1) is 0 Å². The van der Waals surface area contributed by atoms with E-state index < -0.39 is 0 Å². The predicted molar refractivity (Wildman–Crippen MR) is 85.1 cm³/mol. The maximum Gasteiger partial charge on any atom is 0.227 e. The van der Waals surface area contributed by atoms with E-state index in [0.717, 1.165) is 5.56 Å². The number of halogens is 2. The van der Waals surface area contributed by atoms with Crippen LogP contribution in [0.25, 0.3) is 0 Å². The Kier molecular flexibility index (Phi) is 5.07. The van der Waals surface area contributed by atoms with Crippen molar-refractivity contribution in [3.8, 4) is 0 Å². The van der Waals surface area contributed by atoms with Crippen molar-refractivity contribution in [1.82, 2.24) is 9.80 Å². The molecule has 1 aliphatic rings. The van der Waals surface area contributed by atoms with E-state index in [2.05, 4.69) is 0 Å². The largest absolute Gasteiger partial charge is 0.376 e. The van der Waals surface area contributed by atoms with Gasteiger partial charge in [-0.1, -0.05) is 23.2 Å². The van der Waals surface area contributed by atoms with Crippen molar-refractivity contribution in [2.75, 3.05) is 26.2 Å². The molecule has 0 aromatic heterocycles. The van der Waals surface area contributed by atoms with E-state index in [1.807, 2.05) is 4.90 Å². The lowest BCUT2D eigenvalue weighted by atomic mass is 10.1. The maximum atomic E-state index is 12.2. The molecule has 1 saturated heterocycles. The average Bonchev–Trinajstić information content (AvgIpc) is 2.43. The summed E-state index contributed by atoms with van der Waals surface area (Å²) in [6.45, 7) is 2.58. The Hall–Kier alpha value is -1.04. The van der Waals surface area contributed by atoms with E-state index in [4.69, 9.17) is 41.2 Å². The molecular weight excluding hydrogens is 317 g/mol. The van der Waals surface area contributed by atoms with Crippen LogP contribution in [0.3, 0.4) is 0 Å². The molecule has 1 heterocycles. The summed E-state index contributed by atoms with van der Waals surface area (Å²) in [5.41, 5.74) is 6.32. The van der Waals surface area contributed by atoms with Crippen LogP contribution in [0.4, 0.5) is 0 Å². The fraction of sp³-hybridized carbons (Fsp3) is 0.385. The van der Waals surface area contributed by atoms with Gasteiger partial charge < -0.3 is 15.5 Å². The van der Waals surface area contributed by atoms with E-state index in [1.165, 1.54) is 0 Å². The number of nitrogens with zero attached hydrogens (tertiary/aromatic N) is 2. The molecule has 1 aromatic carbocycles. The van der Waals surface area contributed by atoms with Gasteiger partial charge in [-0.05, 0) is 36.0 Å². The molecule has 0 spiro atoms. The van der Waals surface area contributed by atoms with Crippen LogP contribution in [0.1, 0.15) is 5.56 Å². The summed E-state index contributed by atoms with van der Waals surface area (Å²) < 4.78 is 0. The fourth-order valence-corrected chi connectivity index (χ4v) is 2.69. The summed E-state index contributed by atoms with van der Waals surface area (Å²) in [6, 6.07) is 5.14. The molecule has 7 heteroatoms. The highest BCUT2D eigenvalue weighted by Crippen LogP contribution is 2.21. The first-order valence-electron chi connectivity index (χ1n) is 6.23. The fourth-order valence-electron chi connectivity index (χ4n) is 2.13. The van der Waals surface area contributed by atoms with Crippen molar-refractivity contribution >= 4 is 46.4 Å². The molecule has 0 unspecified atom stereocenters. The van der Waals surface area contributed by atoms with Crippen molar-refractivity contribution in [2.24, 2.45) is 5.73 Å². The van der Waals surface area contributed by atoms with Crippen LogP contribution in [0.5, 0.6) is 0 Å². The van der Waals surface area contributed by atoms with Crippen LogP contribution >= 0.6 is 35.4 Å². The Bertz CT molecular complexity index is 530. The Morgan fingerprint density at radius 2 is 1.80 bits per heavy atom. The zero-order valence-electron chi connectivity index (χ0n) is 10.8. The van der Waals surface area contributed by atoms with E-state index in [0.29, 0.717) is 41.3 Å². The highest BCUT2D eigenvalue weighted by Gasteiger charge is 2.22. The minimum absolute atomic E-state index is 0.0387. The van der Waals surface area contributed by atoms with Gasteiger partial charge in [-0.25, -0.2) is 0 Å². The van der Waals surface area contributed by atoms with Crippen LogP contribution in [0.2, 0.25) is 10.0 Å². The highest BCUT2D eigenvalue weighted by molar-refractivity contribution is 7.80. The third-order valence-electron chi connectivity index (χ3n) is 3.29. The van der Waals surface area contributed by atoms with Gasteiger partial charge in [-0.15, -0.1) is 0 Å². The Morgan fingerprint density at radius 1 is 1.20 bits per heavy atom. The van der Waals surface area contributed by atoms with E-state index >= 15 is 0 Å². The molecule has 1 fully saturated rings. The third kappa shape index (κ3) is 3.75. The summed E-state index contributed by atoms with van der Waals surface area (Å²) in [5.74, 6) is 0.0387. The van der Waals surface area contributed by atoms with Gasteiger partial charge in [0.05, 0.1) is 6.42 Å². The topological polar surface area (TPSA) is 49.6 Å². The molecule has 108 valence electrons. The van der Waals surface area contributed by atoms with Gasteiger partial charge in [-0.3, -0.25) is 4.79 Å². The smallest absolute Gasteiger partial charge is 0.227 e. The number of nitrogens with two attached hydrogens (primary N) is 1. The van der Waals surface area contributed by atoms with Crippen LogP contribution in [0.15, 0.2) is 18.2 Å². The standard InChI is InChI=1S/C13H15Cl2N3OS/c14-10-1-2-11(15)9(7-10)8-12(19)17-3-5-18(6-4-17)13(16)20/h1-2,7H,3-6,8H2,(H2,16,20). The Labute approximate surface area is 133 Å². The molecule has 0 bridgehead atoms. The second-order valence-electron chi connectivity index (χ2n) is 4.62. The number of carbonyl (C=O) groups excluding carboxylic acids is 1. The van der Waals surface area contributed by atoms with E-state index in [-0.39, 0.29) is 12.3 Å². The van der Waals surface area contributed by atoms with Gasteiger partial charge in [0.25, 0.3) is 0 Å². The van der Waals surface area contributed by atoms with Crippen LogP contribution in [-0.2, 0) is 11.2 Å². The summed E-state index contributed by atoms with van der Waals surface area (Å²) in [7, 11) is 0. The molecule has 0 saturated carbocycles. The summed E-state index contributed by atoms with van der Waals surface area (Å²) in [6.07, 6.45) is 0.256. The number of carbonyl (C=O) groups is 1. The monoisotopic (exact) mass is 331 g/mol. The molecule has 0 aliphatic carbocycles. The second kappa shape index (κ2) is 6.61. The number of hydrogen-bond donors (Lipinski definition) is 1. The Balaban J connectivity index is 1.96. The first-order valence-corrected chi connectivity index (χ1v) is 7.40. The van der Waals surface area contributed by atoms with Gasteiger partial charge in [0.15, 0.2) is 5.11 Å². The molecule has 1 amide bonds. The normalized spacial score (nSPS) is 15.3. The van der Waals surface area contributed by atoms with E-state index in [9.17, 15) is 4.79 Å². The SMILES string of the molecule is NC(=S)N1CCN(C(=O)Cc2cc(Cl)ccc2Cl)CC1. The molecule has 2 N–H and O–H groups in total. The first-order chi connectivity index (χ1) is 9.47. The molecule has 4 nitrogen and oxygen atoms in total. The zero-order valence-corrected chi connectivity index (χ0v) is 13.1. The number of thiocarbonyl (C=S) groups is 1. The van der Waals surface area contributed by atoms with Gasteiger partial charge in [0.2, 0.25) is 5.91 Å². The maximum absolute atomic E-state index is 12.2. The van der Waals surface area contributed by atoms with Gasteiger partial charge in [0, 0.05) is 36.2 Å².